The van der Waals surface area contributed by atoms with E-state index in [4.69, 9.17) is 9.84 Å². The Morgan fingerprint density at radius 2 is 1.62 bits per heavy atom. The van der Waals surface area contributed by atoms with Gasteiger partial charge in [0.25, 0.3) is 0 Å². The molecule has 2 atom stereocenters. The smallest absolute Gasteiger partial charge is 0.408 e. The van der Waals surface area contributed by atoms with E-state index in [0.717, 1.165) is 0 Å². The molecule has 0 heterocycles. The summed E-state index contributed by atoms with van der Waals surface area (Å²) in [5.41, 5.74) is -0.665. The molecular weight excluding hydrogens is 276 g/mol. The SMILES string of the molecule is CC(C)C[C@@H](NC(=O)[C@@H](C)NC(=O)OC(C)(C)C)C(=O)O. The number of rotatable bonds is 6. The van der Waals surface area contributed by atoms with E-state index in [2.05, 4.69) is 10.6 Å². The minimum absolute atomic E-state index is 0.125. The van der Waals surface area contributed by atoms with E-state index in [0.29, 0.717) is 6.42 Å². The molecule has 0 rings (SSSR count). The largest absolute Gasteiger partial charge is 0.480 e. The maximum atomic E-state index is 11.9. The number of ether oxygens (including phenoxy) is 1. The molecule has 0 saturated carbocycles. The molecule has 0 radical (unpaired) electrons. The van der Waals surface area contributed by atoms with E-state index in [1.165, 1.54) is 6.92 Å². The summed E-state index contributed by atoms with van der Waals surface area (Å²) in [5.74, 6) is -1.53. The Hall–Kier alpha value is -1.79. The number of hydrogen-bond donors (Lipinski definition) is 3. The fourth-order valence-electron chi connectivity index (χ4n) is 1.54. The van der Waals surface area contributed by atoms with Gasteiger partial charge < -0.3 is 20.5 Å². The quantitative estimate of drug-likeness (QED) is 0.690. The number of hydrogen-bond acceptors (Lipinski definition) is 4. The summed E-state index contributed by atoms with van der Waals surface area (Å²) in [5, 5.41) is 13.8. The third-order valence-corrected chi connectivity index (χ3v) is 2.45. The fourth-order valence-corrected chi connectivity index (χ4v) is 1.54. The zero-order valence-electron chi connectivity index (χ0n) is 13.5. The first-order chi connectivity index (χ1) is 9.42. The molecule has 0 saturated heterocycles. The van der Waals surface area contributed by atoms with Crippen LogP contribution < -0.4 is 10.6 Å². The zero-order chi connectivity index (χ0) is 16.8. The zero-order valence-corrected chi connectivity index (χ0v) is 13.5. The van der Waals surface area contributed by atoms with Crippen molar-refractivity contribution < 1.29 is 24.2 Å². The van der Waals surface area contributed by atoms with Gasteiger partial charge in [-0.25, -0.2) is 9.59 Å². The number of carbonyl (C=O) groups excluding carboxylic acids is 2. The molecule has 21 heavy (non-hydrogen) atoms. The lowest BCUT2D eigenvalue weighted by molar-refractivity contribution is -0.142. The molecule has 0 unspecified atom stereocenters. The number of aliphatic carboxylic acids is 1. The Morgan fingerprint density at radius 1 is 1.10 bits per heavy atom. The average molecular weight is 302 g/mol. The van der Waals surface area contributed by atoms with E-state index >= 15 is 0 Å². The second-order valence-electron chi connectivity index (χ2n) is 6.40. The highest BCUT2D eigenvalue weighted by atomic mass is 16.6. The van der Waals surface area contributed by atoms with Crippen molar-refractivity contribution in [3.8, 4) is 0 Å². The molecule has 7 heteroatoms. The Labute approximate surface area is 125 Å². The molecule has 0 aromatic heterocycles. The van der Waals surface area contributed by atoms with Gasteiger partial charge in [-0.05, 0) is 40.0 Å². The topological polar surface area (TPSA) is 105 Å². The average Bonchev–Trinajstić information content (AvgIpc) is 2.24. The highest BCUT2D eigenvalue weighted by Gasteiger charge is 2.25. The van der Waals surface area contributed by atoms with E-state index in [1.54, 1.807) is 20.8 Å². The van der Waals surface area contributed by atoms with Crippen LogP contribution in [-0.4, -0.2) is 40.8 Å². The van der Waals surface area contributed by atoms with E-state index < -0.39 is 35.7 Å². The molecule has 0 spiro atoms. The second-order valence-corrected chi connectivity index (χ2v) is 6.40. The van der Waals surface area contributed by atoms with Crippen LogP contribution in [0.4, 0.5) is 4.79 Å². The summed E-state index contributed by atoms with van der Waals surface area (Å²) in [6.07, 6.45) is -0.402. The summed E-state index contributed by atoms with van der Waals surface area (Å²) in [4.78, 5) is 34.5. The summed E-state index contributed by atoms with van der Waals surface area (Å²) in [6, 6.07) is -1.85. The second kappa shape index (κ2) is 7.85. The summed E-state index contributed by atoms with van der Waals surface area (Å²) in [6.45, 7) is 10.3. The summed E-state index contributed by atoms with van der Waals surface area (Å²) in [7, 11) is 0. The van der Waals surface area contributed by atoms with Crippen molar-refractivity contribution >= 4 is 18.0 Å². The molecule has 122 valence electrons. The Balaban J connectivity index is 4.49. The van der Waals surface area contributed by atoms with Crippen molar-refractivity contribution in [2.75, 3.05) is 0 Å². The molecule has 0 aliphatic carbocycles. The lowest BCUT2D eigenvalue weighted by Gasteiger charge is -2.23. The van der Waals surface area contributed by atoms with Gasteiger partial charge in [0.15, 0.2) is 0 Å². The molecule has 0 fully saturated rings. The first kappa shape index (κ1) is 19.2. The summed E-state index contributed by atoms with van der Waals surface area (Å²) >= 11 is 0. The highest BCUT2D eigenvalue weighted by Crippen LogP contribution is 2.07. The van der Waals surface area contributed by atoms with Crippen molar-refractivity contribution in [3.05, 3.63) is 0 Å². The lowest BCUT2D eigenvalue weighted by atomic mass is 10.0. The van der Waals surface area contributed by atoms with E-state index in [-0.39, 0.29) is 5.92 Å². The monoisotopic (exact) mass is 302 g/mol. The van der Waals surface area contributed by atoms with Gasteiger partial charge in [-0.2, -0.15) is 0 Å². The molecule has 2 amide bonds. The Bertz CT molecular complexity index is 387. The van der Waals surface area contributed by atoms with Crippen LogP contribution in [0.5, 0.6) is 0 Å². The van der Waals surface area contributed by atoms with Crippen molar-refractivity contribution in [2.24, 2.45) is 5.92 Å². The van der Waals surface area contributed by atoms with Crippen molar-refractivity contribution in [3.63, 3.8) is 0 Å². The molecule has 0 aliphatic rings. The van der Waals surface area contributed by atoms with Crippen LogP contribution in [0.15, 0.2) is 0 Å². The van der Waals surface area contributed by atoms with Crippen LogP contribution in [0.2, 0.25) is 0 Å². The van der Waals surface area contributed by atoms with Gasteiger partial charge >= 0.3 is 12.1 Å². The van der Waals surface area contributed by atoms with Gasteiger partial charge in [0.05, 0.1) is 0 Å². The highest BCUT2D eigenvalue weighted by molar-refractivity contribution is 5.88. The fraction of sp³-hybridized carbons (Fsp3) is 0.786. The molecule has 0 aromatic carbocycles. The van der Waals surface area contributed by atoms with Crippen LogP contribution in [0.3, 0.4) is 0 Å². The Kier molecular flexibility index (Phi) is 7.18. The van der Waals surface area contributed by atoms with Crippen LogP contribution in [0.25, 0.3) is 0 Å². The van der Waals surface area contributed by atoms with Crippen LogP contribution in [-0.2, 0) is 14.3 Å². The molecular formula is C14H26N2O5. The molecule has 0 aliphatic heterocycles. The van der Waals surface area contributed by atoms with Crippen molar-refractivity contribution in [1.29, 1.82) is 0 Å². The van der Waals surface area contributed by atoms with Crippen LogP contribution in [0, 0.1) is 5.92 Å². The number of alkyl carbamates (subject to hydrolysis) is 1. The first-order valence-corrected chi connectivity index (χ1v) is 6.95. The number of carbonyl (C=O) groups is 3. The van der Waals surface area contributed by atoms with Crippen molar-refractivity contribution in [1.82, 2.24) is 10.6 Å². The van der Waals surface area contributed by atoms with E-state index in [1.807, 2.05) is 13.8 Å². The standard InChI is InChI=1S/C14H26N2O5/c1-8(2)7-10(12(18)19)16-11(17)9(3)15-13(20)21-14(4,5)6/h8-10H,7H2,1-6H3,(H,15,20)(H,16,17)(H,18,19)/t9-,10-/m1/s1. The first-order valence-electron chi connectivity index (χ1n) is 6.95. The predicted octanol–water partition coefficient (Wildman–Crippen LogP) is 1.52. The number of nitrogens with one attached hydrogen (secondary N) is 2. The number of carboxylic acid groups (broad SMARTS) is 1. The minimum Gasteiger partial charge on any atom is -0.480 e. The third-order valence-electron chi connectivity index (χ3n) is 2.45. The minimum atomic E-state index is -1.10. The third kappa shape index (κ3) is 8.88. The molecule has 7 nitrogen and oxygen atoms in total. The normalized spacial score (nSPS) is 14.2. The van der Waals surface area contributed by atoms with Gasteiger partial charge in [0, 0.05) is 0 Å². The van der Waals surface area contributed by atoms with Gasteiger partial charge in [0.2, 0.25) is 5.91 Å². The maximum Gasteiger partial charge on any atom is 0.408 e. The van der Waals surface area contributed by atoms with Crippen LogP contribution in [0.1, 0.15) is 48.0 Å². The number of amides is 2. The molecule has 0 aromatic rings. The maximum absolute atomic E-state index is 11.9. The van der Waals surface area contributed by atoms with Crippen LogP contribution >= 0.6 is 0 Å². The van der Waals surface area contributed by atoms with E-state index in [9.17, 15) is 14.4 Å². The van der Waals surface area contributed by atoms with Gasteiger partial charge in [0.1, 0.15) is 17.7 Å². The Morgan fingerprint density at radius 3 is 2.00 bits per heavy atom. The van der Waals surface area contributed by atoms with Gasteiger partial charge in [-0.1, -0.05) is 13.8 Å². The summed E-state index contributed by atoms with van der Waals surface area (Å²) < 4.78 is 5.03. The van der Waals surface area contributed by atoms with Gasteiger partial charge in [-0.15, -0.1) is 0 Å². The molecule has 0 bridgehead atoms. The predicted molar refractivity (Wildman–Crippen MR) is 77.9 cm³/mol. The lowest BCUT2D eigenvalue weighted by Crippen LogP contribution is -2.51. The molecule has 3 N–H and O–H groups in total. The van der Waals surface area contributed by atoms with Gasteiger partial charge in [-0.3, -0.25) is 4.79 Å². The number of carboxylic acids is 1. The van der Waals surface area contributed by atoms with Crippen molar-refractivity contribution in [2.45, 2.75) is 65.6 Å².